The lowest BCUT2D eigenvalue weighted by molar-refractivity contribution is -0.136. The Morgan fingerprint density at radius 3 is 1.57 bits per heavy atom. The maximum absolute atomic E-state index is 11.3. The highest BCUT2D eigenvalue weighted by Crippen LogP contribution is 2.29. The summed E-state index contributed by atoms with van der Waals surface area (Å²) in [4.78, 5) is 11.3. The Morgan fingerprint density at radius 1 is 0.733 bits per heavy atom. The second-order valence-electron chi connectivity index (χ2n) is 10.2. The molecule has 0 rings (SSSR count). The molecule has 0 aliphatic rings. The fourth-order valence-electron chi connectivity index (χ4n) is 2.62. The second kappa shape index (κ2) is 12.8. The fraction of sp³-hybridized carbons (Fsp3) is 0.842. The van der Waals surface area contributed by atoms with Gasteiger partial charge in [0, 0.05) is 12.7 Å². The highest BCUT2D eigenvalue weighted by molar-refractivity contribution is 6.90. The van der Waals surface area contributed by atoms with Crippen LogP contribution in [0, 0.1) is 0 Å². The van der Waals surface area contributed by atoms with Crippen LogP contribution in [-0.4, -0.2) is 73.3 Å². The number of hydrogen-bond donors (Lipinski definition) is 0. The molecule has 0 unspecified atom stereocenters. The van der Waals surface area contributed by atoms with Gasteiger partial charge in [-0.1, -0.05) is 6.58 Å². The molecule has 178 valence electrons. The minimum absolute atomic E-state index is 0.143. The van der Waals surface area contributed by atoms with Crippen LogP contribution in [0.25, 0.3) is 0 Å². The topological polar surface area (TPSA) is 72.5 Å². The van der Waals surface area contributed by atoms with Gasteiger partial charge in [-0.3, -0.25) is 0 Å². The monoisotopic (exact) mass is 496 g/mol. The van der Waals surface area contributed by atoms with Crippen molar-refractivity contribution in [2.24, 2.45) is 0 Å². The van der Waals surface area contributed by atoms with Gasteiger partial charge in [0.15, 0.2) is 25.0 Å². The minimum Gasteiger partial charge on any atom is -0.466 e. The lowest BCUT2D eigenvalue weighted by Crippen LogP contribution is -2.60. The third-order valence-electron chi connectivity index (χ3n) is 3.28. The number of carbonyl (C=O) groups is 1. The van der Waals surface area contributed by atoms with Crippen molar-refractivity contribution in [3.8, 4) is 0 Å². The Labute approximate surface area is 188 Å². The largest absolute Gasteiger partial charge is 0.469 e. The lowest BCUT2D eigenvalue weighted by Gasteiger charge is -2.42. The number of carbonyl (C=O) groups excluding carboxylic acids is 1. The molecule has 0 radical (unpaired) electrons. The van der Waals surface area contributed by atoms with Crippen LogP contribution in [0.5, 0.6) is 0 Å². The summed E-state index contributed by atoms with van der Waals surface area (Å²) >= 11 is 0. The number of ether oxygens (including phenoxy) is 3. The van der Waals surface area contributed by atoms with Crippen molar-refractivity contribution in [1.29, 1.82) is 0 Å². The lowest BCUT2D eigenvalue weighted by atomic mass is 10.3. The van der Waals surface area contributed by atoms with Gasteiger partial charge in [-0.05, 0) is 65.3 Å². The molecule has 0 aliphatic heterocycles. The smallest absolute Gasteiger partial charge is 0.466 e. The first-order valence-electron chi connectivity index (χ1n) is 10.5. The summed E-state index contributed by atoms with van der Waals surface area (Å²) < 4.78 is 35.6. The van der Waals surface area contributed by atoms with E-state index in [9.17, 15) is 4.79 Å². The maximum Gasteiger partial charge on any atom is 0.469 e. The van der Waals surface area contributed by atoms with Crippen LogP contribution in [-0.2, 0) is 31.4 Å². The summed E-state index contributed by atoms with van der Waals surface area (Å²) in [7, 11) is -7.03. The van der Waals surface area contributed by atoms with E-state index in [-0.39, 0.29) is 6.61 Å². The molecule has 0 aromatic carbocycles. The second-order valence-corrected chi connectivity index (χ2v) is 27.2. The minimum atomic E-state index is -2.80. The first kappa shape index (κ1) is 29.9. The van der Waals surface area contributed by atoms with Gasteiger partial charge in [-0.15, -0.1) is 0 Å². The molecule has 0 saturated heterocycles. The number of esters is 1. The molecular formula is C19H44O7Si4. The summed E-state index contributed by atoms with van der Waals surface area (Å²) in [5.74, 6) is -0.454. The van der Waals surface area contributed by atoms with Gasteiger partial charge in [0.2, 0.25) is 0 Å². The average molecular weight is 497 g/mol. The molecule has 0 fully saturated rings. The van der Waals surface area contributed by atoms with Crippen LogP contribution in [0.4, 0.5) is 0 Å². The summed E-state index contributed by atoms with van der Waals surface area (Å²) in [6.07, 6.45) is 0.806. The Kier molecular flexibility index (Phi) is 12.7. The van der Waals surface area contributed by atoms with Crippen LogP contribution in [0.15, 0.2) is 12.2 Å². The normalized spacial score (nSPS) is 13.4. The third kappa shape index (κ3) is 15.6. The fourth-order valence-corrected chi connectivity index (χ4v) is 17.2. The summed E-state index contributed by atoms with van der Waals surface area (Å²) in [5.41, 5.74) is 0.295. The van der Waals surface area contributed by atoms with Gasteiger partial charge in [-0.25, -0.2) is 4.79 Å². The van der Waals surface area contributed by atoms with Gasteiger partial charge >= 0.3 is 14.8 Å². The van der Waals surface area contributed by atoms with Gasteiger partial charge in [0.1, 0.15) is 0 Å². The van der Waals surface area contributed by atoms with E-state index in [0.29, 0.717) is 25.4 Å². The predicted octanol–water partition coefficient (Wildman–Crippen LogP) is 4.63. The SMILES string of the molecule is C=C(COCCOCCC[Si](O[Si](C)(C)C)(O[Si](C)(C)C)O[Si](C)(C)C)C(=O)OC. The molecule has 11 heteroatoms. The molecule has 0 amide bonds. The van der Waals surface area contributed by atoms with Crippen LogP contribution >= 0.6 is 0 Å². The van der Waals surface area contributed by atoms with Gasteiger partial charge in [-0.2, -0.15) is 0 Å². The zero-order chi connectivity index (χ0) is 23.6. The summed E-state index contributed by atoms with van der Waals surface area (Å²) in [6, 6.07) is 0.756. The van der Waals surface area contributed by atoms with Crippen LogP contribution in [0.2, 0.25) is 65.0 Å². The van der Waals surface area contributed by atoms with Gasteiger partial charge in [0.05, 0.1) is 32.5 Å². The van der Waals surface area contributed by atoms with Crippen molar-refractivity contribution in [3.05, 3.63) is 12.2 Å². The van der Waals surface area contributed by atoms with Crippen molar-refractivity contribution in [3.63, 3.8) is 0 Å². The van der Waals surface area contributed by atoms with Crippen LogP contribution in [0.3, 0.4) is 0 Å². The number of rotatable bonds is 16. The number of hydrogen-bond acceptors (Lipinski definition) is 7. The average Bonchev–Trinajstić information content (AvgIpc) is 2.51. The van der Waals surface area contributed by atoms with Crippen LogP contribution in [0.1, 0.15) is 6.42 Å². The quantitative estimate of drug-likeness (QED) is 0.133. The Hall–Kier alpha value is -0.122. The van der Waals surface area contributed by atoms with Crippen molar-refractivity contribution in [1.82, 2.24) is 0 Å². The molecule has 0 saturated carbocycles. The predicted molar refractivity (Wildman–Crippen MR) is 131 cm³/mol. The Balaban J connectivity index is 4.70. The van der Waals surface area contributed by atoms with E-state index in [0.717, 1.165) is 12.5 Å². The molecule has 0 N–H and O–H groups in total. The maximum atomic E-state index is 11.3. The zero-order valence-corrected chi connectivity index (χ0v) is 24.8. The third-order valence-corrected chi connectivity index (χ3v) is 15.3. The molecule has 0 atom stereocenters. The first-order chi connectivity index (χ1) is 13.5. The molecule has 30 heavy (non-hydrogen) atoms. The number of methoxy groups -OCH3 is 1. The van der Waals surface area contributed by atoms with E-state index < -0.39 is 39.7 Å². The Bertz CT molecular complexity index is 496. The van der Waals surface area contributed by atoms with Crippen LogP contribution < -0.4 is 0 Å². The van der Waals surface area contributed by atoms with E-state index >= 15 is 0 Å². The molecule has 0 spiro atoms. The van der Waals surface area contributed by atoms with Crippen molar-refractivity contribution in [2.45, 2.75) is 71.4 Å². The molecule has 7 nitrogen and oxygen atoms in total. The summed E-state index contributed by atoms with van der Waals surface area (Å²) in [6.45, 7) is 24.9. The Morgan fingerprint density at radius 2 is 1.17 bits per heavy atom. The van der Waals surface area contributed by atoms with E-state index in [1.165, 1.54) is 7.11 Å². The molecule has 0 aromatic rings. The van der Waals surface area contributed by atoms with E-state index in [1.807, 2.05) is 0 Å². The summed E-state index contributed by atoms with van der Waals surface area (Å²) in [5, 5.41) is 0. The van der Waals surface area contributed by atoms with E-state index in [2.05, 4.69) is 70.2 Å². The molecule has 0 heterocycles. The highest BCUT2D eigenvalue weighted by Gasteiger charge is 2.49. The molecule has 0 bridgehead atoms. The highest BCUT2D eigenvalue weighted by atomic mass is 28.5. The molecule has 0 aromatic heterocycles. The standard InChI is InChI=1S/C19H44O7Si4/c1-18(19(20)21-2)17-23-15-14-22-13-12-16-30(24-27(3,4)5,25-28(6,7)8)26-29(9,10)11/h1,12-17H2,2-11H3. The first-order valence-corrected chi connectivity index (χ1v) is 22.7. The zero-order valence-electron chi connectivity index (χ0n) is 20.8. The van der Waals surface area contributed by atoms with Crippen molar-refractivity contribution < 1.29 is 31.4 Å². The van der Waals surface area contributed by atoms with Gasteiger partial charge in [0.25, 0.3) is 0 Å². The molecule has 0 aliphatic carbocycles. The van der Waals surface area contributed by atoms with E-state index in [1.54, 1.807) is 0 Å². The van der Waals surface area contributed by atoms with E-state index in [4.69, 9.17) is 21.8 Å². The van der Waals surface area contributed by atoms with Gasteiger partial charge < -0.3 is 26.6 Å². The molecular weight excluding hydrogens is 453 g/mol. The van der Waals surface area contributed by atoms with Crippen molar-refractivity contribution in [2.75, 3.05) is 33.5 Å². The van der Waals surface area contributed by atoms with Crippen molar-refractivity contribution >= 4 is 39.7 Å².